The number of nitrogens with zero attached hydrogens (tertiary/aromatic N) is 1. The number of aromatic nitrogens is 1. The summed E-state index contributed by atoms with van der Waals surface area (Å²) in [5.41, 5.74) is 0.0446. The van der Waals surface area contributed by atoms with Crippen molar-refractivity contribution in [2.45, 2.75) is 9.92 Å². The van der Waals surface area contributed by atoms with E-state index in [1.807, 2.05) is 12.1 Å². The Labute approximate surface area is 118 Å². The number of carboxylic acids is 1. The second-order valence-electron chi connectivity index (χ2n) is 3.36. The molecule has 0 amide bonds. The third-order valence-electron chi connectivity index (χ3n) is 2.10. The van der Waals surface area contributed by atoms with Crippen molar-refractivity contribution < 1.29 is 9.90 Å². The van der Waals surface area contributed by atoms with Crippen molar-refractivity contribution in [1.82, 2.24) is 4.98 Å². The lowest BCUT2D eigenvalue weighted by Gasteiger charge is -2.03. The van der Waals surface area contributed by atoms with Gasteiger partial charge in [0.05, 0.1) is 10.6 Å². The summed E-state index contributed by atoms with van der Waals surface area (Å²) in [5, 5.41) is 10.3. The Balaban J connectivity index is 2.27. The summed E-state index contributed by atoms with van der Waals surface area (Å²) in [7, 11) is 0. The summed E-state index contributed by atoms with van der Waals surface area (Å²) in [6, 6.07) is 8.65. The largest absolute Gasteiger partial charge is 0.478 e. The predicted molar refractivity (Wildman–Crippen MR) is 71.8 cm³/mol. The minimum Gasteiger partial charge on any atom is -0.478 e. The van der Waals surface area contributed by atoms with Gasteiger partial charge in [-0.25, -0.2) is 9.78 Å². The second kappa shape index (κ2) is 5.61. The van der Waals surface area contributed by atoms with Crippen LogP contribution < -0.4 is 0 Å². The quantitative estimate of drug-likeness (QED) is 0.921. The third kappa shape index (κ3) is 3.16. The van der Waals surface area contributed by atoms with Gasteiger partial charge in [0.2, 0.25) is 0 Å². The molecule has 92 valence electrons. The van der Waals surface area contributed by atoms with Crippen molar-refractivity contribution in [2.75, 3.05) is 0 Å². The average Bonchev–Trinajstić information content (AvgIpc) is 2.34. The fourth-order valence-electron chi connectivity index (χ4n) is 1.26. The minimum absolute atomic E-state index is 0.0446. The van der Waals surface area contributed by atoms with Gasteiger partial charge < -0.3 is 5.11 Å². The van der Waals surface area contributed by atoms with Gasteiger partial charge >= 0.3 is 5.97 Å². The summed E-state index contributed by atoms with van der Waals surface area (Å²) < 4.78 is 0. The Hall–Kier alpha value is -1.23. The van der Waals surface area contributed by atoms with Crippen molar-refractivity contribution in [1.29, 1.82) is 0 Å². The zero-order valence-electron chi connectivity index (χ0n) is 8.93. The molecule has 1 N–H and O–H groups in total. The molecule has 1 aromatic carbocycles. The van der Waals surface area contributed by atoms with Crippen LogP contribution in [0.15, 0.2) is 46.5 Å². The molecule has 3 nitrogen and oxygen atoms in total. The summed E-state index contributed by atoms with van der Waals surface area (Å²) >= 11 is 12.9. The maximum Gasteiger partial charge on any atom is 0.337 e. The maximum absolute atomic E-state index is 10.9. The Bertz CT molecular complexity index is 587. The highest BCUT2D eigenvalue weighted by atomic mass is 35.5. The molecule has 2 aromatic rings. The molecule has 0 fully saturated rings. The van der Waals surface area contributed by atoms with Crippen molar-refractivity contribution >= 4 is 40.9 Å². The molecule has 1 heterocycles. The topological polar surface area (TPSA) is 50.2 Å². The molecule has 0 saturated carbocycles. The van der Waals surface area contributed by atoms with Crippen LogP contribution in [0.3, 0.4) is 0 Å². The van der Waals surface area contributed by atoms with E-state index in [-0.39, 0.29) is 10.6 Å². The number of halogens is 2. The second-order valence-corrected chi connectivity index (χ2v) is 5.30. The van der Waals surface area contributed by atoms with Crippen LogP contribution in [0.4, 0.5) is 0 Å². The number of carbonyl (C=O) groups is 1. The molecular formula is C12H7Cl2NO2S. The molecule has 0 aliphatic carbocycles. The molecule has 0 atom stereocenters. The van der Waals surface area contributed by atoms with Gasteiger partial charge in [0.15, 0.2) is 0 Å². The van der Waals surface area contributed by atoms with Gasteiger partial charge in [0, 0.05) is 16.1 Å². The molecule has 2 rings (SSSR count). The maximum atomic E-state index is 10.9. The fourth-order valence-corrected chi connectivity index (χ4v) is 2.37. The first-order chi connectivity index (χ1) is 8.56. The Morgan fingerprint density at radius 3 is 2.50 bits per heavy atom. The van der Waals surface area contributed by atoms with Crippen LogP contribution in [0.25, 0.3) is 0 Å². The number of aromatic carboxylic acids is 1. The van der Waals surface area contributed by atoms with Gasteiger partial charge in [-0.2, -0.15) is 0 Å². The van der Waals surface area contributed by atoms with E-state index < -0.39 is 5.97 Å². The minimum atomic E-state index is -1.07. The highest BCUT2D eigenvalue weighted by Gasteiger charge is 2.11. The normalized spacial score (nSPS) is 10.3. The highest BCUT2D eigenvalue weighted by Crippen LogP contribution is 2.29. The van der Waals surface area contributed by atoms with E-state index in [4.69, 9.17) is 28.3 Å². The van der Waals surface area contributed by atoms with Crippen LogP contribution in [-0.4, -0.2) is 16.1 Å². The molecule has 6 heteroatoms. The Morgan fingerprint density at radius 2 is 1.89 bits per heavy atom. The molecule has 0 bridgehead atoms. The van der Waals surface area contributed by atoms with Crippen LogP contribution in [0.2, 0.25) is 10.0 Å². The van der Waals surface area contributed by atoms with Crippen LogP contribution in [-0.2, 0) is 0 Å². The zero-order chi connectivity index (χ0) is 13.1. The number of hydrogen-bond donors (Lipinski definition) is 1. The first-order valence-electron chi connectivity index (χ1n) is 4.88. The van der Waals surface area contributed by atoms with Crippen LogP contribution >= 0.6 is 35.0 Å². The Morgan fingerprint density at radius 1 is 1.22 bits per heavy atom. The van der Waals surface area contributed by atoms with E-state index >= 15 is 0 Å². The predicted octanol–water partition coefficient (Wildman–Crippen LogP) is 4.24. The average molecular weight is 300 g/mol. The first-order valence-corrected chi connectivity index (χ1v) is 6.46. The summed E-state index contributed by atoms with van der Waals surface area (Å²) in [6.45, 7) is 0. The zero-order valence-corrected chi connectivity index (χ0v) is 11.3. The summed E-state index contributed by atoms with van der Waals surface area (Å²) in [6.07, 6.45) is 1.34. The van der Waals surface area contributed by atoms with Gasteiger partial charge in [0.1, 0.15) is 5.03 Å². The molecule has 0 unspecified atom stereocenters. The lowest BCUT2D eigenvalue weighted by molar-refractivity contribution is 0.0696. The van der Waals surface area contributed by atoms with Crippen LogP contribution in [0, 0.1) is 0 Å². The molecular weight excluding hydrogens is 293 g/mol. The van der Waals surface area contributed by atoms with Gasteiger partial charge in [-0.05, 0) is 30.3 Å². The van der Waals surface area contributed by atoms with Gasteiger partial charge in [0.25, 0.3) is 0 Å². The summed E-state index contributed by atoms with van der Waals surface area (Å²) in [5.74, 6) is -1.07. The number of hydrogen-bond acceptors (Lipinski definition) is 3. The van der Waals surface area contributed by atoms with Crippen molar-refractivity contribution in [2.24, 2.45) is 0 Å². The molecule has 1 aromatic heterocycles. The number of carboxylic acid groups (broad SMARTS) is 1. The van der Waals surface area contributed by atoms with E-state index in [0.29, 0.717) is 10.0 Å². The molecule has 0 aliphatic heterocycles. The molecule has 18 heavy (non-hydrogen) atoms. The van der Waals surface area contributed by atoms with Crippen LogP contribution in [0.1, 0.15) is 10.4 Å². The van der Waals surface area contributed by atoms with Crippen LogP contribution in [0.5, 0.6) is 0 Å². The smallest absolute Gasteiger partial charge is 0.337 e. The number of rotatable bonds is 3. The van der Waals surface area contributed by atoms with Gasteiger partial charge in [-0.15, -0.1) is 0 Å². The van der Waals surface area contributed by atoms with E-state index in [0.717, 1.165) is 4.90 Å². The summed E-state index contributed by atoms with van der Waals surface area (Å²) in [4.78, 5) is 15.9. The Kier molecular flexibility index (Phi) is 4.11. The number of pyridine rings is 1. The molecule has 0 saturated heterocycles. The van der Waals surface area contributed by atoms with E-state index in [2.05, 4.69) is 4.98 Å². The van der Waals surface area contributed by atoms with E-state index in [1.165, 1.54) is 24.0 Å². The number of benzene rings is 1. The molecule has 0 aliphatic rings. The first kappa shape index (κ1) is 13.2. The van der Waals surface area contributed by atoms with Gasteiger partial charge in [-0.3, -0.25) is 0 Å². The lowest BCUT2D eigenvalue weighted by atomic mass is 10.3. The SMILES string of the molecule is O=C(O)c1cc(Sc2ccc(Cl)cc2)ncc1Cl. The van der Waals surface area contributed by atoms with E-state index in [1.54, 1.807) is 12.1 Å². The van der Waals surface area contributed by atoms with Gasteiger partial charge in [-0.1, -0.05) is 35.0 Å². The van der Waals surface area contributed by atoms with E-state index in [9.17, 15) is 4.79 Å². The third-order valence-corrected chi connectivity index (χ3v) is 3.59. The van der Waals surface area contributed by atoms with Crippen molar-refractivity contribution in [3.8, 4) is 0 Å². The molecule has 0 spiro atoms. The lowest BCUT2D eigenvalue weighted by Crippen LogP contribution is -1.98. The van der Waals surface area contributed by atoms with Crippen molar-refractivity contribution in [3.63, 3.8) is 0 Å². The standard InChI is InChI=1S/C12H7Cl2NO2S/c13-7-1-3-8(4-2-7)18-11-5-9(12(16)17)10(14)6-15-11/h1-6H,(H,16,17). The fraction of sp³-hybridized carbons (Fsp3) is 0. The molecule has 0 radical (unpaired) electrons. The van der Waals surface area contributed by atoms with Crippen molar-refractivity contribution in [3.05, 3.63) is 52.1 Å². The monoisotopic (exact) mass is 299 g/mol. The highest BCUT2D eigenvalue weighted by molar-refractivity contribution is 7.99.